The summed E-state index contributed by atoms with van der Waals surface area (Å²) in [6.07, 6.45) is 15.2. The Hall–Kier alpha value is -1.97. The molecule has 0 aliphatic heterocycles. The minimum atomic E-state index is -0.343. The highest BCUT2D eigenvalue weighted by Gasteiger charge is 2.20. The lowest BCUT2D eigenvalue weighted by molar-refractivity contribution is 0.248. The summed E-state index contributed by atoms with van der Waals surface area (Å²) in [4.78, 5) is 0. The molecular weight excluding hydrogens is 387 g/mol. The normalized spacial score (nSPS) is 18.8. The van der Waals surface area contributed by atoms with Crippen molar-refractivity contribution in [1.82, 2.24) is 10.2 Å². The average Bonchev–Trinajstić information content (AvgIpc) is 2.80. The lowest BCUT2D eigenvalue weighted by Gasteiger charge is -2.28. The Labute approximate surface area is 187 Å². The van der Waals surface area contributed by atoms with Gasteiger partial charge in [0.05, 0.1) is 18.0 Å². The average molecular weight is 427 g/mol. The fourth-order valence-corrected chi connectivity index (χ4v) is 4.59. The van der Waals surface area contributed by atoms with Crippen LogP contribution in [0.2, 0.25) is 0 Å². The van der Waals surface area contributed by atoms with Crippen molar-refractivity contribution in [2.24, 2.45) is 11.8 Å². The van der Waals surface area contributed by atoms with Gasteiger partial charge in [0.1, 0.15) is 0 Å². The molecular formula is C27H39FN2O. The van der Waals surface area contributed by atoms with Crippen LogP contribution in [0.25, 0.3) is 11.3 Å². The van der Waals surface area contributed by atoms with Crippen molar-refractivity contribution in [3.05, 3.63) is 41.8 Å². The smallest absolute Gasteiger partial charge is 0.165 e. The zero-order valence-electron chi connectivity index (χ0n) is 19.4. The Morgan fingerprint density at radius 2 is 1.61 bits per heavy atom. The predicted octanol–water partition coefficient (Wildman–Crippen LogP) is 7.78. The van der Waals surface area contributed by atoms with Crippen molar-refractivity contribution in [2.75, 3.05) is 6.61 Å². The Morgan fingerprint density at radius 3 is 2.26 bits per heavy atom. The van der Waals surface area contributed by atoms with Crippen LogP contribution >= 0.6 is 0 Å². The second kappa shape index (κ2) is 12.8. The highest BCUT2D eigenvalue weighted by molar-refractivity contribution is 5.59. The summed E-state index contributed by atoms with van der Waals surface area (Å²) in [7, 11) is 0. The molecule has 1 aliphatic carbocycles. The molecule has 3 rings (SSSR count). The van der Waals surface area contributed by atoms with E-state index in [4.69, 9.17) is 4.74 Å². The first-order valence-corrected chi connectivity index (χ1v) is 12.4. The van der Waals surface area contributed by atoms with E-state index in [-0.39, 0.29) is 5.82 Å². The molecule has 0 saturated heterocycles. The molecule has 0 spiro atoms. The van der Waals surface area contributed by atoms with Crippen LogP contribution in [0, 0.1) is 17.7 Å². The van der Waals surface area contributed by atoms with Crippen molar-refractivity contribution in [2.45, 2.75) is 90.9 Å². The van der Waals surface area contributed by atoms with Crippen LogP contribution in [0.3, 0.4) is 0 Å². The summed E-state index contributed by atoms with van der Waals surface area (Å²) in [6.45, 7) is 4.91. The van der Waals surface area contributed by atoms with Gasteiger partial charge in [-0.15, -0.1) is 0 Å². The van der Waals surface area contributed by atoms with Gasteiger partial charge in [0, 0.05) is 5.56 Å². The number of hydrogen-bond acceptors (Lipinski definition) is 3. The molecule has 1 aromatic carbocycles. The number of nitrogens with zero attached hydrogens (tertiary/aromatic N) is 2. The molecule has 0 unspecified atom stereocenters. The van der Waals surface area contributed by atoms with Gasteiger partial charge < -0.3 is 4.74 Å². The standard InChI is InChI=1S/C27H39FN2O/c1-3-5-7-8-21-9-11-22(12-10-21)13-15-24-16-17-26(30-29-24)23-14-18-27(25(28)20-23)31-19-6-4-2/h14,16-18,20-22H,3-13,15,19H2,1-2H3. The Bertz CT molecular complexity index is 769. The number of hydrogen-bond donors (Lipinski definition) is 0. The monoisotopic (exact) mass is 426 g/mol. The molecule has 0 radical (unpaired) electrons. The molecule has 1 aliphatic rings. The summed E-state index contributed by atoms with van der Waals surface area (Å²) in [6, 6.07) is 9.03. The number of ether oxygens (including phenoxy) is 1. The second-order valence-corrected chi connectivity index (χ2v) is 9.18. The van der Waals surface area contributed by atoms with Gasteiger partial charge in [-0.3, -0.25) is 0 Å². The first-order chi connectivity index (χ1) is 15.2. The van der Waals surface area contributed by atoms with Crippen LogP contribution in [-0.2, 0) is 6.42 Å². The van der Waals surface area contributed by atoms with Crippen LogP contribution in [0.15, 0.2) is 30.3 Å². The van der Waals surface area contributed by atoms with Crippen LogP contribution < -0.4 is 4.74 Å². The third-order valence-corrected chi connectivity index (χ3v) is 6.69. The lowest BCUT2D eigenvalue weighted by Crippen LogP contribution is -2.15. The minimum absolute atomic E-state index is 0.307. The van der Waals surface area contributed by atoms with E-state index in [1.54, 1.807) is 6.07 Å². The first-order valence-electron chi connectivity index (χ1n) is 12.4. The maximum Gasteiger partial charge on any atom is 0.165 e. The molecule has 2 aromatic rings. The number of aryl methyl sites for hydroxylation is 1. The van der Waals surface area contributed by atoms with Crippen LogP contribution in [-0.4, -0.2) is 16.8 Å². The van der Waals surface area contributed by atoms with E-state index in [0.29, 0.717) is 18.1 Å². The summed E-state index contributed by atoms with van der Waals surface area (Å²) < 4.78 is 19.8. The molecule has 3 nitrogen and oxygen atoms in total. The molecule has 0 bridgehead atoms. The van der Waals surface area contributed by atoms with Gasteiger partial charge in [0.25, 0.3) is 0 Å². The van der Waals surface area contributed by atoms with Gasteiger partial charge in [0.2, 0.25) is 0 Å². The zero-order valence-corrected chi connectivity index (χ0v) is 19.4. The first kappa shape index (κ1) is 23.7. The maximum absolute atomic E-state index is 14.3. The number of benzene rings is 1. The van der Waals surface area contributed by atoms with Gasteiger partial charge in [-0.25, -0.2) is 4.39 Å². The van der Waals surface area contributed by atoms with Gasteiger partial charge in [-0.05, 0) is 61.4 Å². The molecule has 1 fully saturated rings. The molecule has 1 saturated carbocycles. The largest absolute Gasteiger partial charge is 0.491 e. The minimum Gasteiger partial charge on any atom is -0.491 e. The van der Waals surface area contributed by atoms with Crippen molar-refractivity contribution >= 4 is 0 Å². The van der Waals surface area contributed by atoms with Crippen molar-refractivity contribution in [3.8, 4) is 17.0 Å². The van der Waals surface area contributed by atoms with E-state index < -0.39 is 0 Å². The Kier molecular flexibility index (Phi) is 9.77. The van der Waals surface area contributed by atoms with E-state index in [1.807, 2.05) is 18.2 Å². The fourth-order valence-electron chi connectivity index (χ4n) is 4.59. The second-order valence-electron chi connectivity index (χ2n) is 9.18. The number of halogens is 1. The van der Waals surface area contributed by atoms with Crippen molar-refractivity contribution in [1.29, 1.82) is 0 Å². The molecule has 4 heteroatoms. The molecule has 1 aromatic heterocycles. The Balaban J connectivity index is 1.45. The highest BCUT2D eigenvalue weighted by atomic mass is 19.1. The molecule has 1 heterocycles. The van der Waals surface area contributed by atoms with Crippen LogP contribution in [0.1, 0.15) is 90.2 Å². The van der Waals surface area contributed by atoms with Gasteiger partial charge in [-0.1, -0.05) is 71.6 Å². The molecule has 0 N–H and O–H groups in total. The lowest BCUT2D eigenvalue weighted by atomic mass is 9.78. The zero-order chi connectivity index (χ0) is 21.9. The van der Waals surface area contributed by atoms with Crippen LogP contribution in [0.5, 0.6) is 5.75 Å². The summed E-state index contributed by atoms with van der Waals surface area (Å²) >= 11 is 0. The molecule has 0 atom stereocenters. The summed E-state index contributed by atoms with van der Waals surface area (Å²) in [5.74, 6) is 1.76. The molecule has 170 valence electrons. The van der Waals surface area contributed by atoms with Gasteiger partial charge in [-0.2, -0.15) is 10.2 Å². The Morgan fingerprint density at radius 1 is 0.871 bits per heavy atom. The number of aromatic nitrogens is 2. The highest BCUT2D eigenvalue weighted by Crippen LogP contribution is 2.34. The van der Waals surface area contributed by atoms with Gasteiger partial charge in [0.15, 0.2) is 11.6 Å². The van der Waals surface area contributed by atoms with E-state index in [1.165, 1.54) is 63.9 Å². The SMILES string of the molecule is CCCCCC1CCC(CCc2ccc(-c3ccc(OCCCC)c(F)c3)nn2)CC1. The van der Waals surface area contributed by atoms with E-state index >= 15 is 0 Å². The topological polar surface area (TPSA) is 35.0 Å². The fraction of sp³-hybridized carbons (Fsp3) is 0.630. The van der Waals surface area contributed by atoms with E-state index in [2.05, 4.69) is 24.0 Å². The van der Waals surface area contributed by atoms with Crippen molar-refractivity contribution < 1.29 is 9.13 Å². The van der Waals surface area contributed by atoms with Crippen LogP contribution in [0.4, 0.5) is 4.39 Å². The van der Waals surface area contributed by atoms with E-state index in [9.17, 15) is 4.39 Å². The predicted molar refractivity (Wildman–Crippen MR) is 126 cm³/mol. The van der Waals surface area contributed by atoms with E-state index in [0.717, 1.165) is 42.4 Å². The quantitative estimate of drug-likeness (QED) is 0.325. The third-order valence-electron chi connectivity index (χ3n) is 6.69. The van der Waals surface area contributed by atoms with Gasteiger partial charge >= 0.3 is 0 Å². The molecule has 0 amide bonds. The summed E-state index contributed by atoms with van der Waals surface area (Å²) in [5.41, 5.74) is 2.48. The van der Waals surface area contributed by atoms with Crippen molar-refractivity contribution in [3.63, 3.8) is 0 Å². The number of unbranched alkanes of at least 4 members (excludes halogenated alkanes) is 3. The summed E-state index contributed by atoms with van der Waals surface area (Å²) in [5, 5.41) is 8.77. The maximum atomic E-state index is 14.3. The number of rotatable bonds is 12. The third kappa shape index (κ3) is 7.59. The molecule has 31 heavy (non-hydrogen) atoms.